The van der Waals surface area contributed by atoms with Gasteiger partial charge in [-0.2, -0.15) is 0 Å². The van der Waals surface area contributed by atoms with E-state index in [0.29, 0.717) is 5.41 Å². The molecular formula is C16H28N2. The molecule has 1 rings (SSSR count). The van der Waals surface area contributed by atoms with Crippen LogP contribution in [0.2, 0.25) is 0 Å². The molecule has 0 saturated carbocycles. The third kappa shape index (κ3) is 5.65. The molecule has 18 heavy (non-hydrogen) atoms. The first-order chi connectivity index (χ1) is 8.43. The zero-order valence-corrected chi connectivity index (χ0v) is 12.6. The Hall–Kier alpha value is -0.860. The van der Waals surface area contributed by atoms with Crippen LogP contribution in [0.5, 0.6) is 0 Å². The second kappa shape index (κ2) is 6.91. The van der Waals surface area contributed by atoms with Crippen molar-refractivity contribution in [2.24, 2.45) is 5.41 Å². The lowest BCUT2D eigenvalue weighted by Crippen LogP contribution is -2.38. The van der Waals surface area contributed by atoms with Crippen LogP contribution in [0.25, 0.3) is 0 Å². The van der Waals surface area contributed by atoms with Gasteiger partial charge in [0, 0.05) is 19.6 Å². The highest BCUT2D eigenvalue weighted by Gasteiger charge is 2.19. The van der Waals surface area contributed by atoms with Crippen LogP contribution in [0.4, 0.5) is 0 Å². The summed E-state index contributed by atoms with van der Waals surface area (Å²) in [6.45, 7) is 13.2. The van der Waals surface area contributed by atoms with Crippen LogP contribution >= 0.6 is 0 Å². The van der Waals surface area contributed by atoms with Gasteiger partial charge >= 0.3 is 0 Å². The van der Waals surface area contributed by atoms with E-state index in [1.165, 1.54) is 11.1 Å². The first-order valence-corrected chi connectivity index (χ1v) is 6.88. The number of hydrogen-bond acceptors (Lipinski definition) is 2. The van der Waals surface area contributed by atoms with E-state index in [-0.39, 0.29) is 0 Å². The van der Waals surface area contributed by atoms with Gasteiger partial charge < -0.3 is 10.2 Å². The molecule has 0 radical (unpaired) electrons. The van der Waals surface area contributed by atoms with Crippen molar-refractivity contribution in [3.8, 4) is 0 Å². The smallest absolute Gasteiger partial charge is 0.0231 e. The summed E-state index contributed by atoms with van der Waals surface area (Å²) in [6.07, 6.45) is 0. The van der Waals surface area contributed by atoms with Crippen LogP contribution < -0.4 is 5.32 Å². The third-order valence-electron chi connectivity index (χ3n) is 3.09. The minimum Gasteiger partial charge on any atom is -0.316 e. The van der Waals surface area contributed by atoms with Crippen LogP contribution in [-0.2, 0) is 6.54 Å². The molecule has 0 aliphatic carbocycles. The Balaban J connectivity index is 2.48. The van der Waals surface area contributed by atoms with Crippen molar-refractivity contribution in [1.82, 2.24) is 10.2 Å². The molecule has 0 fully saturated rings. The maximum absolute atomic E-state index is 3.44. The Morgan fingerprint density at radius 1 is 1.28 bits per heavy atom. The molecule has 1 aromatic carbocycles. The summed E-state index contributed by atoms with van der Waals surface area (Å²) in [5, 5.41) is 3.44. The molecular weight excluding hydrogens is 220 g/mol. The van der Waals surface area contributed by atoms with Gasteiger partial charge in [0.2, 0.25) is 0 Å². The molecule has 0 aliphatic heterocycles. The lowest BCUT2D eigenvalue weighted by Gasteiger charge is -2.30. The second-order valence-electron chi connectivity index (χ2n) is 6.11. The normalized spacial score (nSPS) is 12.1. The Morgan fingerprint density at radius 3 is 2.61 bits per heavy atom. The largest absolute Gasteiger partial charge is 0.316 e. The summed E-state index contributed by atoms with van der Waals surface area (Å²) in [4.78, 5) is 2.41. The standard InChI is InChI=1S/C16H28N2/c1-6-17-12-16(3,4)13-18(5)11-15-9-7-8-14(2)10-15/h7-10,17H,6,11-13H2,1-5H3. The van der Waals surface area contributed by atoms with Crippen molar-refractivity contribution >= 4 is 0 Å². The van der Waals surface area contributed by atoms with Gasteiger partial charge in [0.25, 0.3) is 0 Å². The van der Waals surface area contributed by atoms with Crippen LogP contribution in [0.3, 0.4) is 0 Å². The van der Waals surface area contributed by atoms with E-state index in [0.717, 1.165) is 26.2 Å². The quantitative estimate of drug-likeness (QED) is 0.798. The summed E-state index contributed by atoms with van der Waals surface area (Å²) in [5.74, 6) is 0. The van der Waals surface area contributed by atoms with Gasteiger partial charge in [0.05, 0.1) is 0 Å². The Labute approximate surface area is 112 Å². The molecule has 0 aliphatic rings. The number of nitrogens with zero attached hydrogens (tertiary/aromatic N) is 1. The predicted molar refractivity (Wildman–Crippen MR) is 79.8 cm³/mol. The minimum atomic E-state index is 0.314. The topological polar surface area (TPSA) is 15.3 Å². The van der Waals surface area contributed by atoms with Crippen molar-refractivity contribution in [3.05, 3.63) is 35.4 Å². The van der Waals surface area contributed by atoms with E-state index < -0.39 is 0 Å². The van der Waals surface area contributed by atoms with Crippen molar-refractivity contribution in [2.75, 3.05) is 26.7 Å². The molecule has 102 valence electrons. The zero-order valence-electron chi connectivity index (χ0n) is 12.6. The molecule has 0 bridgehead atoms. The first kappa shape index (κ1) is 15.2. The van der Waals surface area contributed by atoms with E-state index in [1.807, 2.05) is 0 Å². The average molecular weight is 248 g/mol. The first-order valence-electron chi connectivity index (χ1n) is 6.88. The van der Waals surface area contributed by atoms with Crippen molar-refractivity contribution < 1.29 is 0 Å². The number of hydrogen-bond donors (Lipinski definition) is 1. The molecule has 0 saturated heterocycles. The van der Waals surface area contributed by atoms with Crippen LogP contribution in [-0.4, -0.2) is 31.6 Å². The molecule has 0 unspecified atom stereocenters. The maximum atomic E-state index is 3.44. The highest BCUT2D eigenvalue weighted by Crippen LogP contribution is 2.16. The van der Waals surface area contributed by atoms with Crippen LogP contribution in [0.15, 0.2) is 24.3 Å². The van der Waals surface area contributed by atoms with Crippen molar-refractivity contribution in [3.63, 3.8) is 0 Å². The minimum absolute atomic E-state index is 0.314. The summed E-state index contributed by atoms with van der Waals surface area (Å²) >= 11 is 0. The lowest BCUT2D eigenvalue weighted by atomic mass is 9.92. The van der Waals surface area contributed by atoms with E-state index in [9.17, 15) is 0 Å². The molecule has 0 atom stereocenters. The van der Waals surface area contributed by atoms with Gasteiger partial charge in [-0.25, -0.2) is 0 Å². The molecule has 1 aromatic rings. The van der Waals surface area contributed by atoms with Gasteiger partial charge in [-0.1, -0.05) is 50.6 Å². The highest BCUT2D eigenvalue weighted by molar-refractivity contribution is 5.22. The Bertz CT molecular complexity index is 358. The summed E-state index contributed by atoms with van der Waals surface area (Å²) in [5.41, 5.74) is 3.05. The fourth-order valence-electron chi connectivity index (χ4n) is 2.43. The predicted octanol–water partition coefficient (Wildman–Crippen LogP) is 3.06. The number of aryl methyl sites for hydroxylation is 1. The summed E-state index contributed by atoms with van der Waals surface area (Å²) < 4.78 is 0. The highest BCUT2D eigenvalue weighted by atomic mass is 15.1. The van der Waals surface area contributed by atoms with Crippen molar-refractivity contribution in [2.45, 2.75) is 34.2 Å². The van der Waals surface area contributed by atoms with Crippen LogP contribution in [0.1, 0.15) is 31.9 Å². The molecule has 0 heterocycles. The van der Waals surface area contributed by atoms with E-state index >= 15 is 0 Å². The lowest BCUT2D eigenvalue weighted by molar-refractivity contribution is 0.199. The average Bonchev–Trinajstić information content (AvgIpc) is 2.25. The molecule has 0 spiro atoms. The van der Waals surface area contributed by atoms with Gasteiger partial charge in [-0.3, -0.25) is 0 Å². The zero-order chi connectivity index (χ0) is 13.6. The van der Waals surface area contributed by atoms with E-state index in [1.54, 1.807) is 0 Å². The number of benzene rings is 1. The van der Waals surface area contributed by atoms with E-state index in [2.05, 4.69) is 69.2 Å². The van der Waals surface area contributed by atoms with Gasteiger partial charge in [-0.15, -0.1) is 0 Å². The third-order valence-corrected chi connectivity index (χ3v) is 3.09. The molecule has 2 nitrogen and oxygen atoms in total. The molecule has 2 heteroatoms. The summed E-state index contributed by atoms with van der Waals surface area (Å²) in [6, 6.07) is 8.77. The SMILES string of the molecule is CCNCC(C)(C)CN(C)Cc1cccc(C)c1. The summed E-state index contributed by atoms with van der Waals surface area (Å²) in [7, 11) is 2.20. The number of nitrogens with one attached hydrogen (secondary N) is 1. The molecule has 1 N–H and O–H groups in total. The number of rotatable bonds is 7. The second-order valence-corrected chi connectivity index (χ2v) is 6.11. The van der Waals surface area contributed by atoms with Gasteiger partial charge in [-0.05, 0) is 31.5 Å². The Kier molecular flexibility index (Phi) is 5.83. The van der Waals surface area contributed by atoms with Crippen molar-refractivity contribution in [1.29, 1.82) is 0 Å². The van der Waals surface area contributed by atoms with Crippen LogP contribution in [0, 0.1) is 12.3 Å². The fraction of sp³-hybridized carbons (Fsp3) is 0.625. The van der Waals surface area contributed by atoms with Gasteiger partial charge in [0.15, 0.2) is 0 Å². The Morgan fingerprint density at radius 2 is 2.00 bits per heavy atom. The molecule has 0 aromatic heterocycles. The molecule has 0 amide bonds. The fourth-order valence-corrected chi connectivity index (χ4v) is 2.43. The van der Waals surface area contributed by atoms with Gasteiger partial charge in [0.1, 0.15) is 0 Å². The van der Waals surface area contributed by atoms with E-state index in [4.69, 9.17) is 0 Å². The monoisotopic (exact) mass is 248 g/mol. The maximum Gasteiger partial charge on any atom is 0.0231 e.